The molecule has 1 aromatic carbocycles. The third kappa shape index (κ3) is 10.2. The van der Waals surface area contributed by atoms with Crippen LogP contribution >= 0.6 is 0 Å². The van der Waals surface area contributed by atoms with E-state index in [1.54, 1.807) is 41.5 Å². The fourth-order valence-electron chi connectivity index (χ4n) is 5.97. The molecule has 0 spiro atoms. The summed E-state index contributed by atoms with van der Waals surface area (Å²) in [6.07, 6.45) is 1.84. The number of hydrogen-bond acceptors (Lipinski definition) is 8. The third-order valence-corrected chi connectivity index (χ3v) is 8.76. The maximum Gasteiger partial charge on any atom is 0.410 e. The van der Waals surface area contributed by atoms with E-state index >= 15 is 0 Å². The molecule has 3 rings (SSSR count). The number of rotatable bonds is 10. The molecule has 266 valence electrons. The molecule has 0 saturated carbocycles. The highest BCUT2D eigenvalue weighted by Crippen LogP contribution is 2.31. The summed E-state index contributed by atoms with van der Waals surface area (Å²) < 4.78 is 10.0. The van der Waals surface area contributed by atoms with Crippen molar-refractivity contribution in [3.8, 4) is 0 Å². The van der Waals surface area contributed by atoms with Crippen molar-refractivity contribution in [2.75, 3.05) is 20.7 Å². The molecule has 13 heteroatoms. The average Bonchev–Trinajstić information content (AvgIpc) is 3.43. The van der Waals surface area contributed by atoms with Crippen LogP contribution in [0.15, 0.2) is 24.3 Å². The second kappa shape index (κ2) is 15.8. The molecule has 2 unspecified atom stereocenters. The number of aryl methyl sites for hydroxylation is 1. The van der Waals surface area contributed by atoms with Gasteiger partial charge >= 0.3 is 12.1 Å². The van der Waals surface area contributed by atoms with Crippen LogP contribution in [-0.4, -0.2) is 96.0 Å². The molecule has 5 atom stereocenters. The first kappa shape index (κ1) is 38.3. The van der Waals surface area contributed by atoms with Crippen molar-refractivity contribution < 1.29 is 38.2 Å². The summed E-state index contributed by atoms with van der Waals surface area (Å²) in [6, 6.07) is 4.20. The number of nitrogens with one attached hydrogen (secondary N) is 3. The van der Waals surface area contributed by atoms with Gasteiger partial charge in [-0.25, -0.2) is 4.79 Å². The quantitative estimate of drug-likeness (QED) is 0.320. The summed E-state index contributed by atoms with van der Waals surface area (Å²) in [6.45, 7) is 12.1. The molecule has 1 heterocycles. The number of carbonyl (C=O) groups is 6. The fraction of sp³-hybridized carbons (Fsp3) is 0.657. The van der Waals surface area contributed by atoms with Crippen LogP contribution in [0.5, 0.6) is 0 Å². The minimum absolute atomic E-state index is 0.0257. The number of carbonyl (C=O) groups excluding carboxylic acids is 6. The summed E-state index contributed by atoms with van der Waals surface area (Å²) >= 11 is 0. The van der Waals surface area contributed by atoms with Gasteiger partial charge < -0.3 is 30.3 Å². The molecule has 1 fully saturated rings. The summed E-state index contributed by atoms with van der Waals surface area (Å²) in [4.78, 5) is 81.4. The second-order valence-corrected chi connectivity index (χ2v) is 14.8. The van der Waals surface area contributed by atoms with Gasteiger partial charge in [0.05, 0.1) is 19.6 Å². The van der Waals surface area contributed by atoms with Gasteiger partial charge in [0.15, 0.2) is 0 Å². The van der Waals surface area contributed by atoms with Crippen LogP contribution in [0.1, 0.15) is 97.7 Å². The van der Waals surface area contributed by atoms with Crippen molar-refractivity contribution >= 4 is 35.7 Å². The number of likely N-dealkylation sites (tertiary alicyclic amines) is 1. The highest BCUT2D eigenvalue weighted by atomic mass is 16.6. The van der Waals surface area contributed by atoms with Gasteiger partial charge in [-0.05, 0) is 69.9 Å². The maximum absolute atomic E-state index is 14.4. The van der Waals surface area contributed by atoms with Crippen molar-refractivity contribution in [1.82, 2.24) is 25.8 Å². The minimum atomic E-state index is -1.07. The van der Waals surface area contributed by atoms with E-state index in [0.717, 1.165) is 24.8 Å². The zero-order valence-electron chi connectivity index (χ0n) is 29.8. The molecule has 3 N–H and O–H groups in total. The predicted octanol–water partition coefficient (Wildman–Crippen LogP) is 3.01. The van der Waals surface area contributed by atoms with Crippen molar-refractivity contribution in [3.63, 3.8) is 0 Å². The van der Waals surface area contributed by atoms with Crippen LogP contribution in [0.25, 0.3) is 0 Å². The van der Waals surface area contributed by atoms with Crippen LogP contribution in [0.4, 0.5) is 4.79 Å². The van der Waals surface area contributed by atoms with Crippen LogP contribution in [0.2, 0.25) is 0 Å². The Morgan fingerprint density at radius 1 is 1.00 bits per heavy atom. The van der Waals surface area contributed by atoms with E-state index in [1.807, 2.05) is 18.2 Å². The lowest BCUT2D eigenvalue weighted by Gasteiger charge is -2.37. The van der Waals surface area contributed by atoms with Crippen molar-refractivity contribution in [3.05, 3.63) is 35.4 Å². The Kier molecular flexibility index (Phi) is 12.6. The number of nitrogens with zero attached hydrogens (tertiary/aromatic N) is 2. The zero-order valence-corrected chi connectivity index (χ0v) is 29.8. The minimum Gasteiger partial charge on any atom is -0.469 e. The van der Waals surface area contributed by atoms with Gasteiger partial charge in [-0.2, -0.15) is 0 Å². The molecular weight excluding hydrogens is 618 g/mol. The molecule has 5 amide bonds. The molecule has 1 aliphatic heterocycles. The first-order valence-corrected chi connectivity index (χ1v) is 16.6. The van der Waals surface area contributed by atoms with Gasteiger partial charge in [0.25, 0.3) is 0 Å². The number of amides is 5. The molecule has 1 saturated heterocycles. The van der Waals surface area contributed by atoms with Crippen molar-refractivity contribution in [2.45, 2.75) is 123 Å². The number of methoxy groups -OCH3 is 1. The van der Waals surface area contributed by atoms with E-state index < -0.39 is 65.0 Å². The van der Waals surface area contributed by atoms with E-state index in [4.69, 9.17) is 4.74 Å². The average molecular weight is 672 g/mol. The smallest absolute Gasteiger partial charge is 0.410 e. The van der Waals surface area contributed by atoms with E-state index in [2.05, 4.69) is 26.8 Å². The number of hydrogen-bond donors (Lipinski definition) is 3. The highest BCUT2D eigenvalue weighted by molar-refractivity contribution is 5.95. The molecule has 13 nitrogen and oxygen atoms in total. The normalized spacial score (nSPS) is 20.4. The second-order valence-electron chi connectivity index (χ2n) is 14.8. The van der Waals surface area contributed by atoms with E-state index in [-0.39, 0.29) is 37.8 Å². The number of likely N-dealkylation sites (N-methyl/N-ethyl adjacent to an activating group) is 1. The van der Waals surface area contributed by atoms with Crippen LogP contribution in [0, 0.1) is 5.41 Å². The van der Waals surface area contributed by atoms with Gasteiger partial charge in [0.2, 0.25) is 23.6 Å². The molecule has 0 bridgehead atoms. The molecule has 1 aliphatic carbocycles. The van der Waals surface area contributed by atoms with E-state index in [9.17, 15) is 28.8 Å². The number of fused-ring (bicyclic) bond motifs is 1. The number of esters is 1. The summed E-state index contributed by atoms with van der Waals surface area (Å²) in [5.74, 6) is -2.33. The highest BCUT2D eigenvalue weighted by Gasteiger charge is 2.46. The first-order chi connectivity index (χ1) is 22.3. The summed E-state index contributed by atoms with van der Waals surface area (Å²) in [7, 11) is 2.69. The lowest BCUT2D eigenvalue weighted by atomic mass is 9.85. The SMILES string of the molecule is COC(=O)CCC(=O)N[C@H]1C[C@@H](C(=O)N[C@@H]2CCCc3ccccc32)N(C(=O)C(NC(=O)C(C)N(C)C(=O)OC(C)(C)C)C(C)(C)C)C1. The molecular formula is C35H53N5O8. The Morgan fingerprint density at radius 3 is 2.29 bits per heavy atom. The van der Waals surface area contributed by atoms with Crippen LogP contribution in [-0.2, 0) is 39.9 Å². The first-order valence-electron chi connectivity index (χ1n) is 16.6. The lowest BCUT2D eigenvalue weighted by Crippen LogP contribution is -2.60. The summed E-state index contributed by atoms with van der Waals surface area (Å²) in [5, 5.41) is 8.85. The van der Waals surface area contributed by atoms with E-state index in [0.29, 0.717) is 0 Å². The molecule has 48 heavy (non-hydrogen) atoms. The Bertz CT molecular complexity index is 1370. The summed E-state index contributed by atoms with van der Waals surface area (Å²) in [5.41, 5.74) is 0.665. The van der Waals surface area contributed by atoms with Crippen LogP contribution < -0.4 is 16.0 Å². The monoisotopic (exact) mass is 671 g/mol. The Hall–Kier alpha value is -4.16. The van der Waals surface area contributed by atoms with Gasteiger partial charge in [-0.15, -0.1) is 0 Å². The largest absolute Gasteiger partial charge is 0.469 e. The molecule has 0 aromatic heterocycles. The molecule has 1 aromatic rings. The molecule has 0 radical (unpaired) electrons. The molecule has 2 aliphatic rings. The van der Waals surface area contributed by atoms with E-state index in [1.165, 1.54) is 36.4 Å². The van der Waals surface area contributed by atoms with Gasteiger partial charge in [0, 0.05) is 26.1 Å². The van der Waals surface area contributed by atoms with Crippen molar-refractivity contribution in [2.24, 2.45) is 5.41 Å². The topological polar surface area (TPSA) is 163 Å². The maximum atomic E-state index is 14.4. The van der Waals surface area contributed by atoms with Crippen LogP contribution in [0.3, 0.4) is 0 Å². The zero-order chi connectivity index (χ0) is 36.0. The van der Waals surface area contributed by atoms with Crippen molar-refractivity contribution in [1.29, 1.82) is 0 Å². The standard InChI is InChI=1S/C35H53N5O8/c1-21(39(8)33(46)48-35(5,6)7)30(43)38-29(34(2,3)4)32(45)40-20-23(36-27(41)17-18-28(42)47-9)19-26(40)31(44)37-25-16-12-14-22-13-10-11-15-24(22)25/h10-11,13,15,21,23,25-26,29H,12,14,16-20H2,1-9H3,(H,36,41)(H,37,44)(H,38,43)/t21?,23-,25+,26-,29?/m0/s1. The number of ether oxygens (including phenoxy) is 2. The Morgan fingerprint density at radius 2 is 1.67 bits per heavy atom. The predicted molar refractivity (Wildman–Crippen MR) is 178 cm³/mol. The fourth-order valence-corrected chi connectivity index (χ4v) is 5.97. The van der Waals surface area contributed by atoms with Gasteiger partial charge in [-0.3, -0.25) is 28.9 Å². The van der Waals surface area contributed by atoms with Gasteiger partial charge in [0.1, 0.15) is 23.7 Å². The Balaban J connectivity index is 1.85. The third-order valence-electron chi connectivity index (χ3n) is 8.76. The lowest BCUT2D eigenvalue weighted by molar-refractivity contribution is -0.144. The number of benzene rings is 1. The van der Waals surface area contributed by atoms with Gasteiger partial charge in [-0.1, -0.05) is 45.0 Å². The Labute approximate surface area is 283 Å².